The lowest BCUT2D eigenvalue weighted by molar-refractivity contribution is 0.0699. The predicted octanol–water partition coefficient (Wildman–Crippen LogP) is 1.62. The molecule has 0 spiro atoms. The highest BCUT2D eigenvalue weighted by Gasteiger charge is 2.13. The van der Waals surface area contributed by atoms with Crippen molar-refractivity contribution >= 4 is 11.6 Å². The number of rotatable bonds is 4. The summed E-state index contributed by atoms with van der Waals surface area (Å²) in [4.78, 5) is 11.0. The predicted molar refractivity (Wildman–Crippen MR) is 67.0 cm³/mol. The molecule has 1 aromatic carbocycles. The molecule has 0 bridgehead atoms. The van der Waals surface area contributed by atoms with Gasteiger partial charge in [-0.05, 0) is 37.0 Å². The van der Waals surface area contributed by atoms with E-state index in [0.29, 0.717) is 11.5 Å². The second-order valence-electron chi connectivity index (χ2n) is 4.38. The summed E-state index contributed by atoms with van der Waals surface area (Å²) in [6.45, 7) is 2.63. The zero-order chi connectivity index (χ0) is 12.1. The Labute approximate surface area is 101 Å². The molecule has 1 aliphatic rings. The van der Waals surface area contributed by atoms with E-state index in [2.05, 4.69) is 5.32 Å². The molecule has 17 heavy (non-hydrogen) atoms. The van der Waals surface area contributed by atoms with Crippen LogP contribution in [0.25, 0.3) is 0 Å². The van der Waals surface area contributed by atoms with Crippen molar-refractivity contribution in [3.63, 3.8) is 0 Å². The topological polar surface area (TPSA) is 64.4 Å². The van der Waals surface area contributed by atoms with E-state index in [9.17, 15) is 4.79 Å². The SMILES string of the molecule is NC(=O)c1cccc(NCC2CCOCC2)c1. The monoisotopic (exact) mass is 234 g/mol. The number of hydrogen-bond donors (Lipinski definition) is 2. The molecule has 0 saturated carbocycles. The molecule has 0 unspecified atom stereocenters. The first-order valence-corrected chi connectivity index (χ1v) is 5.97. The average Bonchev–Trinajstić information content (AvgIpc) is 2.38. The molecule has 0 radical (unpaired) electrons. The van der Waals surface area contributed by atoms with E-state index >= 15 is 0 Å². The van der Waals surface area contributed by atoms with Gasteiger partial charge in [-0.1, -0.05) is 6.07 Å². The highest BCUT2D eigenvalue weighted by Crippen LogP contribution is 2.16. The van der Waals surface area contributed by atoms with Gasteiger partial charge in [0.2, 0.25) is 5.91 Å². The van der Waals surface area contributed by atoms with Gasteiger partial charge < -0.3 is 15.8 Å². The number of hydrogen-bond acceptors (Lipinski definition) is 3. The molecule has 1 heterocycles. The fourth-order valence-corrected chi connectivity index (χ4v) is 2.00. The molecular weight excluding hydrogens is 216 g/mol. The molecule has 2 rings (SSSR count). The van der Waals surface area contributed by atoms with Crippen molar-refractivity contribution < 1.29 is 9.53 Å². The van der Waals surface area contributed by atoms with Crippen LogP contribution < -0.4 is 11.1 Å². The smallest absolute Gasteiger partial charge is 0.248 e. The van der Waals surface area contributed by atoms with Crippen LogP contribution in [0.4, 0.5) is 5.69 Å². The number of benzene rings is 1. The molecule has 1 amide bonds. The second kappa shape index (κ2) is 5.68. The van der Waals surface area contributed by atoms with Gasteiger partial charge >= 0.3 is 0 Å². The zero-order valence-corrected chi connectivity index (χ0v) is 9.82. The Balaban J connectivity index is 1.89. The molecule has 1 saturated heterocycles. The maximum Gasteiger partial charge on any atom is 0.248 e. The summed E-state index contributed by atoms with van der Waals surface area (Å²) in [6.07, 6.45) is 2.20. The Hall–Kier alpha value is -1.55. The number of primary amides is 1. The quantitative estimate of drug-likeness (QED) is 0.832. The minimum absolute atomic E-state index is 0.389. The first kappa shape index (κ1) is 11.9. The fraction of sp³-hybridized carbons (Fsp3) is 0.462. The number of nitrogens with one attached hydrogen (secondary N) is 1. The van der Waals surface area contributed by atoms with Crippen LogP contribution >= 0.6 is 0 Å². The number of nitrogens with two attached hydrogens (primary N) is 1. The molecule has 0 aromatic heterocycles. The summed E-state index contributed by atoms with van der Waals surface area (Å²) in [5, 5.41) is 3.35. The van der Waals surface area contributed by atoms with Crippen molar-refractivity contribution in [1.29, 1.82) is 0 Å². The number of carbonyl (C=O) groups is 1. The highest BCUT2D eigenvalue weighted by atomic mass is 16.5. The highest BCUT2D eigenvalue weighted by molar-refractivity contribution is 5.93. The average molecular weight is 234 g/mol. The molecule has 1 aliphatic heterocycles. The van der Waals surface area contributed by atoms with Gasteiger partial charge in [-0.2, -0.15) is 0 Å². The lowest BCUT2D eigenvalue weighted by Crippen LogP contribution is -2.22. The van der Waals surface area contributed by atoms with E-state index in [0.717, 1.165) is 38.3 Å². The molecule has 1 fully saturated rings. The van der Waals surface area contributed by atoms with E-state index in [1.54, 1.807) is 12.1 Å². The van der Waals surface area contributed by atoms with E-state index in [-0.39, 0.29) is 5.91 Å². The molecule has 4 heteroatoms. The molecule has 0 atom stereocenters. The zero-order valence-electron chi connectivity index (χ0n) is 9.82. The lowest BCUT2D eigenvalue weighted by Gasteiger charge is -2.22. The molecule has 4 nitrogen and oxygen atoms in total. The Morgan fingerprint density at radius 2 is 2.18 bits per heavy atom. The summed E-state index contributed by atoms with van der Waals surface area (Å²) in [5.41, 5.74) is 6.73. The molecule has 1 aromatic rings. The molecule has 92 valence electrons. The Morgan fingerprint density at radius 3 is 2.88 bits per heavy atom. The normalized spacial score (nSPS) is 16.7. The summed E-state index contributed by atoms with van der Waals surface area (Å²) in [7, 11) is 0. The molecule has 3 N–H and O–H groups in total. The van der Waals surface area contributed by atoms with Crippen LogP contribution in [0.15, 0.2) is 24.3 Å². The summed E-state index contributed by atoms with van der Waals surface area (Å²) in [6, 6.07) is 7.31. The van der Waals surface area contributed by atoms with Crippen molar-refractivity contribution in [3.05, 3.63) is 29.8 Å². The third-order valence-corrected chi connectivity index (χ3v) is 3.08. The third-order valence-electron chi connectivity index (χ3n) is 3.08. The minimum atomic E-state index is -0.389. The van der Waals surface area contributed by atoms with E-state index < -0.39 is 0 Å². The number of ether oxygens (including phenoxy) is 1. The number of amides is 1. The van der Waals surface area contributed by atoms with Crippen LogP contribution in [-0.4, -0.2) is 25.7 Å². The van der Waals surface area contributed by atoms with Gasteiger partial charge in [-0.3, -0.25) is 4.79 Å². The largest absolute Gasteiger partial charge is 0.385 e. The summed E-state index contributed by atoms with van der Waals surface area (Å²) in [5.74, 6) is 0.265. The standard InChI is InChI=1S/C13H18N2O2/c14-13(16)11-2-1-3-12(8-11)15-9-10-4-6-17-7-5-10/h1-3,8,10,15H,4-7,9H2,(H2,14,16). The summed E-state index contributed by atoms with van der Waals surface area (Å²) >= 11 is 0. The molecule has 0 aliphatic carbocycles. The second-order valence-corrected chi connectivity index (χ2v) is 4.38. The fourth-order valence-electron chi connectivity index (χ4n) is 2.00. The third kappa shape index (κ3) is 3.46. The van der Waals surface area contributed by atoms with Crippen LogP contribution in [0.1, 0.15) is 23.2 Å². The minimum Gasteiger partial charge on any atom is -0.385 e. The van der Waals surface area contributed by atoms with Gasteiger partial charge in [0, 0.05) is 31.0 Å². The van der Waals surface area contributed by atoms with Gasteiger partial charge in [-0.15, -0.1) is 0 Å². The van der Waals surface area contributed by atoms with Gasteiger partial charge in [-0.25, -0.2) is 0 Å². The van der Waals surface area contributed by atoms with Crippen molar-refractivity contribution in [2.24, 2.45) is 11.7 Å². The van der Waals surface area contributed by atoms with Crippen LogP contribution in [0.3, 0.4) is 0 Å². The van der Waals surface area contributed by atoms with Gasteiger partial charge in [0.1, 0.15) is 0 Å². The van der Waals surface area contributed by atoms with Gasteiger partial charge in [0.25, 0.3) is 0 Å². The Bertz CT molecular complexity index is 387. The van der Waals surface area contributed by atoms with Gasteiger partial charge in [0.15, 0.2) is 0 Å². The van der Waals surface area contributed by atoms with Crippen LogP contribution in [-0.2, 0) is 4.74 Å². The van der Waals surface area contributed by atoms with E-state index in [1.165, 1.54) is 0 Å². The first-order chi connectivity index (χ1) is 8.25. The van der Waals surface area contributed by atoms with E-state index in [4.69, 9.17) is 10.5 Å². The maximum atomic E-state index is 11.0. The van der Waals surface area contributed by atoms with Gasteiger partial charge in [0.05, 0.1) is 0 Å². The van der Waals surface area contributed by atoms with Crippen LogP contribution in [0, 0.1) is 5.92 Å². The first-order valence-electron chi connectivity index (χ1n) is 5.97. The lowest BCUT2D eigenvalue weighted by atomic mass is 10.0. The van der Waals surface area contributed by atoms with Crippen molar-refractivity contribution in [1.82, 2.24) is 0 Å². The van der Waals surface area contributed by atoms with Crippen molar-refractivity contribution in [2.45, 2.75) is 12.8 Å². The summed E-state index contributed by atoms with van der Waals surface area (Å²) < 4.78 is 5.31. The van der Waals surface area contributed by atoms with E-state index in [1.807, 2.05) is 12.1 Å². The number of anilines is 1. The Kier molecular flexibility index (Phi) is 3.98. The molecular formula is C13H18N2O2. The van der Waals surface area contributed by atoms with Crippen molar-refractivity contribution in [2.75, 3.05) is 25.1 Å². The Morgan fingerprint density at radius 1 is 1.41 bits per heavy atom. The maximum absolute atomic E-state index is 11.0. The number of carbonyl (C=O) groups excluding carboxylic acids is 1. The van der Waals surface area contributed by atoms with Crippen molar-refractivity contribution in [3.8, 4) is 0 Å². The van der Waals surface area contributed by atoms with Crippen LogP contribution in [0.5, 0.6) is 0 Å². The van der Waals surface area contributed by atoms with Crippen LogP contribution in [0.2, 0.25) is 0 Å².